The number of nitro groups is 1. The minimum absolute atomic E-state index is 0.00515. The first kappa shape index (κ1) is 34.1. The van der Waals surface area contributed by atoms with Crippen LogP contribution in [0, 0.1) is 10.1 Å². The predicted octanol–water partition coefficient (Wildman–Crippen LogP) is 12.6. The maximum Gasteiger partial charge on any atom is 0.270 e. The molecule has 0 amide bonds. The monoisotopic (exact) mass is 760 g/mol. The number of nitrogens with zero attached hydrogens (tertiary/aromatic N) is 6. The van der Waals surface area contributed by atoms with Gasteiger partial charge in [0, 0.05) is 61.6 Å². The van der Waals surface area contributed by atoms with E-state index in [0.29, 0.717) is 23.0 Å². The Morgan fingerprint density at radius 2 is 0.898 bits per heavy atom. The number of hydrogen-bond acceptors (Lipinski definition) is 5. The third-order valence-corrected chi connectivity index (χ3v) is 11.0. The molecule has 8 nitrogen and oxygen atoms in total. The minimum atomic E-state index is -0.348. The highest BCUT2D eigenvalue weighted by atomic mass is 16.6. The van der Waals surface area contributed by atoms with Crippen molar-refractivity contribution in [2.45, 2.75) is 0 Å². The summed E-state index contributed by atoms with van der Waals surface area (Å²) in [5.74, 6) is 1.59. The molecule has 0 atom stereocenters. The molecule has 0 radical (unpaired) electrons. The molecule has 0 fully saturated rings. The normalized spacial score (nSPS) is 11.5. The zero-order valence-corrected chi connectivity index (χ0v) is 31.5. The molecule has 3 aromatic heterocycles. The molecule has 59 heavy (non-hydrogen) atoms. The van der Waals surface area contributed by atoms with Crippen LogP contribution >= 0.6 is 0 Å². The van der Waals surface area contributed by atoms with Gasteiger partial charge in [0.2, 0.25) is 0 Å². The maximum atomic E-state index is 12.3. The fourth-order valence-electron chi connectivity index (χ4n) is 8.42. The number of nitro benzene ring substituents is 1. The van der Waals surface area contributed by atoms with E-state index in [1.807, 2.05) is 78.9 Å². The van der Waals surface area contributed by atoms with Crippen molar-refractivity contribution in [1.29, 1.82) is 0 Å². The second-order valence-electron chi connectivity index (χ2n) is 14.5. The number of fused-ring (bicyclic) bond motifs is 7. The van der Waals surface area contributed by atoms with Gasteiger partial charge in [0.1, 0.15) is 0 Å². The summed E-state index contributed by atoms with van der Waals surface area (Å²) in [6.07, 6.45) is 0. The van der Waals surface area contributed by atoms with Gasteiger partial charge in [0.25, 0.3) is 5.69 Å². The van der Waals surface area contributed by atoms with Crippen molar-refractivity contribution in [2.75, 3.05) is 0 Å². The molecule has 0 spiro atoms. The van der Waals surface area contributed by atoms with Crippen molar-refractivity contribution in [3.63, 3.8) is 0 Å². The first-order chi connectivity index (χ1) is 29.1. The minimum Gasteiger partial charge on any atom is -0.307 e. The molecule has 0 bridgehead atoms. The van der Waals surface area contributed by atoms with E-state index in [-0.39, 0.29) is 10.6 Å². The second kappa shape index (κ2) is 13.8. The van der Waals surface area contributed by atoms with Crippen LogP contribution in [0.1, 0.15) is 0 Å². The lowest BCUT2D eigenvalue weighted by molar-refractivity contribution is -0.384. The van der Waals surface area contributed by atoms with E-state index in [2.05, 4.69) is 106 Å². The standard InChI is InChI=1S/C51H32N6O2/c58-57(59)38-22-14-19-35(31-38)43-32-36(51-53-49(33-15-4-1-5-16-33)52-50(54-51)34-17-6-2-7-18-34)27-30-46(43)56-45-26-13-11-24-40(45)42-29-28-41-39-23-10-12-25-44(39)55(47(41)48(42)56)37-20-8-3-9-21-37/h1-32H. The van der Waals surface area contributed by atoms with Crippen molar-refractivity contribution in [2.24, 2.45) is 0 Å². The summed E-state index contributed by atoms with van der Waals surface area (Å²) < 4.78 is 4.67. The zero-order valence-electron chi connectivity index (χ0n) is 31.5. The van der Waals surface area contributed by atoms with Gasteiger partial charge in [-0.15, -0.1) is 0 Å². The SMILES string of the molecule is O=[N+]([O-])c1cccc(-c2cc(-c3nc(-c4ccccc4)nc(-c4ccccc4)n3)ccc2-n2c3ccccc3c3ccc4c5ccccc5n(-c5ccccc5)c4c32)c1. The molecule has 11 rings (SSSR count). The molecule has 0 N–H and O–H groups in total. The van der Waals surface area contributed by atoms with Gasteiger partial charge in [0.05, 0.1) is 32.7 Å². The van der Waals surface area contributed by atoms with E-state index in [9.17, 15) is 10.1 Å². The average Bonchev–Trinajstić information content (AvgIpc) is 3.83. The summed E-state index contributed by atoms with van der Waals surface area (Å²) in [7, 11) is 0. The molecule has 0 unspecified atom stereocenters. The molecule has 8 aromatic carbocycles. The van der Waals surface area contributed by atoms with E-state index in [1.54, 1.807) is 12.1 Å². The Morgan fingerprint density at radius 3 is 1.49 bits per heavy atom. The van der Waals surface area contributed by atoms with Crippen LogP contribution in [0.5, 0.6) is 0 Å². The van der Waals surface area contributed by atoms with E-state index < -0.39 is 0 Å². The van der Waals surface area contributed by atoms with Crippen LogP contribution in [-0.4, -0.2) is 29.0 Å². The first-order valence-corrected chi connectivity index (χ1v) is 19.4. The predicted molar refractivity (Wildman–Crippen MR) is 237 cm³/mol. The van der Waals surface area contributed by atoms with Crippen molar-refractivity contribution in [3.05, 3.63) is 204 Å². The Kier molecular flexibility index (Phi) is 7.94. The van der Waals surface area contributed by atoms with Crippen molar-refractivity contribution < 1.29 is 4.92 Å². The molecule has 8 heteroatoms. The lowest BCUT2D eigenvalue weighted by Crippen LogP contribution is -2.03. The number of para-hydroxylation sites is 3. The van der Waals surface area contributed by atoms with E-state index in [4.69, 9.17) is 15.0 Å². The van der Waals surface area contributed by atoms with Gasteiger partial charge in [-0.2, -0.15) is 0 Å². The van der Waals surface area contributed by atoms with Gasteiger partial charge in [-0.25, -0.2) is 15.0 Å². The van der Waals surface area contributed by atoms with E-state index in [1.165, 1.54) is 6.07 Å². The van der Waals surface area contributed by atoms with Crippen molar-refractivity contribution in [1.82, 2.24) is 24.1 Å². The highest BCUT2D eigenvalue weighted by Gasteiger charge is 2.24. The lowest BCUT2D eigenvalue weighted by atomic mass is 9.99. The quantitative estimate of drug-likeness (QED) is 0.119. The van der Waals surface area contributed by atoms with Crippen LogP contribution in [0.3, 0.4) is 0 Å². The average molecular weight is 761 g/mol. The Balaban J connectivity index is 1.25. The molecule has 0 saturated heterocycles. The largest absolute Gasteiger partial charge is 0.307 e. The molecule has 0 aliphatic rings. The molecule has 278 valence electrons. The topological polar surface area (TPSA) is 91.7 Å². The highest BCUT2D eigenvalue weighted by Crippen LogP contribution is 2.44. The van der Waals surface area contributed by atoms with Crippen LogP contribution in [0.2, 0.25) is 0 Å². The smallest absolute Gasteiger partial charge is 0.270 e. The maximum absolute atomic E-state index is 12.3. The molecular formula is C51H32N6O2. The number of aromatic nitrogens is 5. The van der Waals surface area contributed by atoms with Crippen LogP contribution in [0.4, 0.5) is 5.69 Å². The lowest BCUT2D eigenvalue weighted by Gasteiger charge is -2.17. The Hall–Kier alpha value is -8.23. The van der Waals surface area contributed by atoms with Gasteiger partial charge in [-0.05, 0) is 48.0 Å². The number of benzene rings is 8. The van der Waals surface area contributed by atoms with E-state index in [0.717, 1.165) is 77.2 Å². The summed E-state index contributed by atoms with van der Waals surface area (Å²) >= 11 is 0. The highest BCUT2D eigenvalue weighted by molar-refractivity contribution is 6.24. The summed E-state index contributed by atoms with van der Waals surface area (Å²) in [5.41, 5.74) is 10.1. The van der Waals surface area contributed by atoms with Gasteiger partial charge in [0.15, 0.2) is 17.5 Å². The summed E-state index contributed by atoms with van der Waals surface area (Å²) in [5, 5.41) is 16.7. The Morgan fingerprint density at radius 1 is 0.407 bits per heavy atom. The van der Waals surface area contributed by atoms with Crippen molar-refractivity contribution >= 4 is 49.3 Å². The Bertz CT molecular complexity index is 3350. The van der Waals surface area contributed by atoms with E-state index >= 15 is 0 Å². The van der Waals surface area contributed by atoms with Gasteiger partial charge in [-0.3, -0.25) is 10.1 Å². The molecule has 11 aromatic rings. The molecule has 0 saturated carbocycles. The molecule has 0 aliphatic heterocycles. The van der Waals surface area contributed by atoms with Gasteiger partial charge in [-0.1, -0.05) is 140 Å². The fourth-order valence-corrected chi connectivity index (χ4v) is 8.42. The van der Waals surface area contributed by atoms with Crippen molar-refractivity contribution in [3.8, 4) is 56.7 Å². The summed E-state index contributed by atoms with van der Waals surface area (Å²) in [6, 6.07) is 64.7. The molecule has 0 aliphatic carbocycles. The second-order valence-corrected chi connectivity index (χ2v) is 14.5. The summed E-state index contributed by atoms with van der Waals surface area (Å²) in [6.45, 7) is 0. The fraction of sp³-hybridized carbons (Fsp3) is 0. The number of rotatable bonds is 7. The molecule has 3 heterocycles. The third-order valence-electron chi connectivity index (χ3n) is 11.0. The number of hydrogen-bond donors (Lipinski definition) is 0. The van der Waals surface area contributed by atoms with Crippen LogP contribution in [0.15, 0.2) is 194 Å². The van der Waals surface area contributed by atoms with Crippen LogP contribution in [0.25, 0.3) is 100 Å². The van der Waals surface area contributed by atoms with Crippen LogP contribution in [-0.2, 0) is 0 Å². The van der Waals surface area contributed by atoms with Gasteiger partial charge >= 0.3 is 0 Å². The zero-order chi connectivity index (χ0) is 39.5. The van der Waals surface area contributed by atoms with Gasteiger partial charge < -0.3 is 9.13 Å². The van der Waals surface area contributed by atoms with Crippen LogP contribution < -0.4 is 0 Å². The number of non-ortho nitro benzene ring substituents is 1. The summed E-state index contributed by atoms with van der Waals surface area (Å²) in [4.78, 5) is 26.9. The first-order valence-electron chi connectivity index (χ1n) is 19.4. The molecular weight excluding hydrogens is 729 g/mol. The third kappa shape index (κ3) is 5.65. The Labute approximate surface area is 338 Å².